The first-order chi connectivity index (χ1) is 14.4. The molecule has 1 fully saturated rings. The van der Waals surface area contributed by atoms with Crippen molar-refractivity contribution in [1.82, 2.24) is 14.6 Å². The SMILES string of the molecule is CC(Sc1ccc(S(=O)(=O)N2CCCC2)cn1)C(=O)NC1CCCc2ccccc21. The predicted molar refractivity (Wildman–Crippen MR) is 118 cm³/mol. The number of rotatable bonds is 6. The van der Waals surface area contributed by atoms with Crippen molar-refractivity contribution in [3.8, 4) is 0 Å². The fourth-order valence-electron chi connectivity index (χ4n) is 4.09. The average Bonchev–Trinajstić information content (AvgIpc) is 3.30. The summed E-state index contributed by atoms with van der Waals surface area (Å²) >= 11 is 1.34. The lowest BCUT2D eigenvalue weighted by Gasteiger charge is -2.27. The number of nitrogens with one attached hydrogen (secondary N) is 1. The fraction of sp³-hybridized carbons (Fsp3) is 0.455. The first kappa shape index (κ1) is 21.3. The maximum Gasteiger partial charge on any atom is 0.244 e. The number of carbonyl (C=O) groups is 1. The minimum atomic E-state index is -3.47. The van der Waals surface area contributed by atoms with Crippen LogP contribution in [0.25, 0.3) is 0 Å². The van der Waals surface area contributed by atoms with Gasteiger partial charge in [-0.2, -0.15) is 4.31 Å². The molecule has 8 heteroatoms. The molecule has 30 heavy (non-hydrogen) atoms. The van der Waals surface area contributed by atoms with E-state index in [-0.39, 0.29) is 22.1 Å². The molecule has 0 radical (unpaired) electrons. The maximum absolute atomic E-state index is 12.8. The monoisotopic (exact) mass is 445 g/mol. The van der Waals surface area contributed by atoms with Gasteiger partial charge in [-0.3, -0.25) is 4.79 Å². The molecule has 1 aromatic heterocycles. The van der Waals surface area contributed by atoms with Crippen LogP contribution in [0.1, 0.15) is 49.8 Å². The normalized spacial score (nSPS) is 20.5. The Morgan fingerprint density at radius 1 is 1.17 bits per heavy atom. The Labute approximate surface area is 182 Å². The van der Waals surface area contributed by atoms with Crippen LogP contribution < -0.4 is 5.32 Å². The number of benzene rings is 1. The molecule has 0 saturated carbocycles. The number of aryl methyl sites for hydroxylation is 1. The summed E-state index contributed by atoms with van der Waals surface area (Å²) in [6, 6.07) is 11.6. The van der Waals surface area contributed by atoms with Crippen LogP contribution in [0.2, 0.25) is 0 Å². The molecule has 4 rings (SSSR count). The van der Waals surface area contributed by atoms with Crippen LogP contribution in [0.15, 0.2) is 52.5 Å². The molecular formula is C22H27N3O3S2. The molecule has 1 saturated heterocycles. The molecule has 2 aliphatic rings. The molecule has 1 aliphatic heterocycles. The van der Waals surface area contributed by atoms with Gasteiger partial charge in [0.05, 0.1) is 16.3 Å². The lowest BCUT2D eigenvalue weighted by molar-refractivity contribution is -0.121. The van der Waals surface area contributed by atoms with Crippen LogP contribution in [0.3, 0.4) is 0 Å². The van der Waals surface area contributed by atoms with Crippen molar-refractivity contribution in [2.75, 3.05) is 13.1 Å². The van der Waals surface area contributed by atoms with Gasteiger partial charge in [0, 0.05) is 19.3 Å². The summed E-state index contributed by atoms with van der Waals surface area (Å²) in [6.45, 7) is 2.99. The van der Waals surface area contributed by atoms with E-state index in [9.17, 15) is 13.2 Å². The Hall–Kier alpha value is -1.90. The number of carbonyl (C=O) groups excluding carboxylic acids is 1. The molecule has 2 unspecified atom stereocenters. The van der Waals surface area contributed by atoms with Crippen LogP contribution in [0.5, 0.6) is 0 Å². The van der Waals surface area contributed by atoms with E-state index in [1.54, 1.807) is 12.1 Å². The van der Waals surface area contributed by atoms with Crippen molar-refractivity contribution >= 4 is 27.7 Å². The highest BCUT2D eigenvalue weighted by molar-refractivity contribution is 8.00. The molecule has 2 aromatic rings. The van der Waals surface area contributed by atoms with Gasteiger partial charge in [0.2, 0.25) is 15.9 Å². The van der Waals surface area contributed by atoms with Crippen molar-refractivity contribution in [2.45, 2.75) is 60.2 Å². The zero-order valence-corrected chi connectivity index (χ0v) is 18.7. The predicted octanol–water partition coefficient (Wildman–Crippen LogP) is 3.54. The first-order valence-electron chi connectivity index (χ1n) is 10.5. The number of fused-ring (bicyclic) bond motifs is 1. The van der Waals surface area contributed by atoms with E-state index < -0.39 is 10.0 Å². The van der Waals surface area contributed by atoms with Gasteiger partial charge in [-0.25, -0.2) is 13.4 Å². The van der Waals surface area contributed by atoms with Gasteiger partial charge in [0.1, 0.15) is 4.90 Å². The van der Waals surface area contributed by atoms with E-state index in [1.165, 1.54) is 33.4 Å². The summed E-state index contributed by atoms with van der Waals surface area (Å²) in [5.74, 6) is -0.0303. The van der Waals surface area contributed by atoms with Crippen LogP contribution >= 0.6 is 11.8 Å². The van der Waals surface area contributed by atoms with Gasteiger partial charge in [-0.15, -0.1) is 0 Å². The second-order valence-electron chi connectivity index (χ2n) is 7.86. The third-order valence-corrected chi connectivity index (χ3v) is 8.70. The van der Waals surface area contributed by atoms with Gasteiger partial charge in [0.15, 0.2) is 0 Å². The summed E-state index contributed by atoms with van der Waals surface area (Å²) < 4.78 is 26.7. The van der Waals surface area contributed by atoms with Crippen LogP contribution in [-0.4, -0.2) is 42.0 Å². The highest BCUT2D eigenvalue weighted by Gasteiger charge is 2.28. The summed E-state index contributed by atoms with van der Waals surface area (Å²) in [5, 5.41) is 3.49. The van der Waals surface area contributed by atoms with Crippen molar-refractivity contribution in [2.24, 2.45) is 0 Å². The number of sulfonamides is 1. The standard InChI is InChI=1S/C22H27N3O3S2/c1-16(22(26)24-20-10-6-8-17-7-2-3-9-19(17)20)29-21-12-11-18(15-23-21)30(27,28)25-13-4-5-14-25/h2-3,7,9,11-12,15-16,20H,4-6,8,10,13-14H2,1H3,(H,24,26). The van der Waals surface area contributed by atoms with Crippen LogP contribution in [0, 0.1) is 0 Å². The van der Waals surface area contributed by atoms with E-state index in [0.717, 1.165) is 32.1 Å². The Balaban J connectivity index is 1.38. The molecule has 1 aliphatic carbocycles. The maximum atomic E-state index is 12.8. The van der Waals surface area contributed by atoms with Gasteiger partial charge >= 0.3 is 0 Å². The number of aromatic nitrogens is 1. The van der Waals surface area contributed by atoms with Gasteiger partial charge in [-0.05, 0) is 62.3 Å². The van der Waals surface area contributed by atoms with Crippen molar-refractivity contribution in [1.29, 1.82) is 0 Å². The Kier molecular flexibility index (Phi) is 6.46. The zero-order valence-electron chi connectivity index (χ0n) is 17.1. The van der Waals surface area contributed by atoms with E-state index in [4.69, 9.17) is 0 Å². The highest BCUT2D eigenvalue weighted by atomic mass is 32.2. The summed E-state index contributed by atoms with van der Waals surface area (Å²) in [6.07, 6.45) is 6.28. The summed E-state index contributed by atoms with van der Waals surface area (Å²) in [4.78, 5) is 17.3. The highest BCUT2D eigenvalue weighted by Crippen LogP contribution is 2.30. The number of amides is 1. The van der Waals surface area contributed by atoms with E-state index >= 15 is 0 Å². The average molecular weight is 446 g/mol. The number of hydrogen-bond donors (Lipinski definition) is 1. The van der Waals surface area contributed by atoms with Crippen LogP contribution in [-0.2, 0) is 21.2 Å². The summed E-state index contributed by atoms with van der Waals surface area (Å²) in [7, 11) is -3.47. The number of nitrogens with zero attached hydrogens (tertiary/aromatic N) is 2. The molecule has 160 valence electrons. The quantitative estimate of drug-likeness (QED) is 0.688. The first-order valence-corrected chi connectivity index (χ1v) is 12.8. The Bertz CT molecular complexity index is 1000. The van der Waals surface area contributed by atoms with E-state index in [0.29, 0.717) is 18.1 Å². The molecule has 1 aromatic carbocycles. The van der Waals surface area contributed by atoms with E-state index in [2.05, 4.69) is 22.4 Å². The zero-order chi connectivity index (χ0) is 21.1. The molecule has 1 amide bonds. The van der Waals surface area contributed by atoms with Crippen molar-refractivity contribution in [3.05, 3.63) is 53.7 Å². The largest absolute Gasteiger partial charge is 0.348 e. The minimum Gasteiger partial charge on any atom is -0.348 e. The fourth-order valence-corrected chi connectivity index (χ4v) is 6.35. The Morgan fingerprint density at radius 3 is 2.67 bits per heavy atom. The lowest BCUT2D eigenvalue weighted by Crippen LogP contribution is -2.35. The minimum absolute atomic E-state index is 0.0303. The third kappa shape index (κ3) is 4.55. The molecule has 2 heterocycles. The second kappa shape index (κ2) is 9.08. The van der Waals surface area contributed by atoms with Crippen molar-refractivity contribution < 1.29 is 13.2 Å². The third-order valence-electron chi connectivity index (χ3n) is 5.76. The van der Waals surface area contributed by atoms with E-state index in [1.807, 2.05) is 19.1 Å². The molecule has 1 N–H and O–H groups in total. The van der Waals surface area contributed by atoms with Crippen LogP contribution in [0.4, 0.5) is 0 Å². The molecule has 0 spiro atoms. The smallest absolute Gasteiger partial charge is 0.244 e. The number of thioether (sulfide) groups is 1. The Morgan fingerprint density at radius 2 is 1.93 bits per heavy atom. The second-order valence-corrected chi connectivity index (χ2v) is 11.2. The van der Waals surface area contributed by atoms with Gasteiger partial charge in [-0.1, -0.05) is 36.0 Å². The molecule has 2 atom stereocenters. The topological polar surface area (TPSA) is 79.4 Å². The lowest BCUT2D eigenvalue weighted by atomic mass is 9.88. The van der Waals surface area contributed by atoms with Crippen molar-refractivity contribution in [3.63, 3.8) is 0 Å². The molecule has 0 bridgehead atoms. The van der Waals surface area contributed by atoms with Gasteiger partial charge < -0.3 is 5.32 Å². The number of hydrogen-bond acceptors (Lipinski definition) is 5. The summed E-state index contributed by atoms with van der Waals surface area (Å²) in [5.41, 5.74) is 2.52. The molecule has 6 nitrogen and oxygen atoms in total. The molecular weight excluding hydrogens is 418 g/mol. The van der Waals surface area contributed by atoms with Gasteiger partial charge in [0.25, 0.3) is 0 Å². The number of pyridine rings is 1.